The topological polar surface area (TPSA) is 151 Å². The lowest BCUT2D eigenvalue weighted by Crippen LogP contribution is -2.52. The molecule has 0 amide bonds. The molecule has 2 unspecified atom stereocenters. The highest BCUT2D eigenvalue weighted by Gasteiger charge is 2.42. The number of hydrogen-bond donors (Lipinski definition) is 1. The highest BCUT2D eigenvalue weighted by atomic mass is 35.5. The van der Waals surface area contributed by atoms with Gasteiger partial charge in [-0.15, -0.1) is 5.10 Å². The van der Waals surface area contributed by atoms with Crippen LogP contribution in [0.25, 0.3) is 11.1 Å². The summed E-state index contributed by atoms with van der Waals surface area (Å²) in [5.41, 5.74) is 2.21. The Morgan fingerprint density at radius 1 is 1.02 bits per heavy atom. The second kappa shape index (κ2) is 14.6. The quantitative estimate of drug-likeness (QED) is 0.207. The summed E-state index contributed by atoms with van der Waals surface area (Å²) in [7, 11) is -3.20. The van der Waals surface area contributed by atoms with E-state index in [1.54, 1.807) is 29.5 Å². The molecule has 1 aromatic carbocycles. The second-order valence-electron chi connectivity index (χ2n) is 13.2. The number of morpholine rings is 1. The number of ether oxygens (including phenoxy) is 3. The van der Waals surface area contributed by atoms with Crippen molar-refractivity contribution in [2.24, 2.45) is 0 Å². The van der Waals surface area contributed by atoms with Crippen LogP contribution >= 0.6 is 11.6 Å². The van der Waals surface area contributed by atoms with Crippen LogP contribution in [0.15, 0.2) is 49.4 Å². The fraction of sp³-hybridized carbons (Fsp3) is 0.545. The lowest BCUT2D eigenvalue weighted by molar-refractivity contribution is -0.0458. The second-order valence-corrected chi connectivity index (χ2v) is 15.9. The number of benzene rings is 1. The van der Waals surface area contributed by atoms with Crippen molar-refractivity contribution >= 4 is 33.1 Å². The summed E-state index contributed by atoms with van der Waals surface area (Å²) in [5.74, 6) is 1.12. The van der Waals surface area contributed by atoms with Crippen molar-refractivity contribution in [1.29, 1.82) is 0 Å². The first-order valence-corrected chi connectivity index (χ1v) is 19.3. The molecule has 3 fully saturated rings. The summed E-state index contributed by atoms with van der Waals surface area (Å²) in [5, 5.41) is 12.6. The van der Waals surface area contributed by atoms with Crippen molar-refractivity contribution in [2.45, 2.75) is 82.3 Å². The first-order chi connectivity index (χ1) is 23.7. The van der Waals surface area contributed by atoms with E-state index in [0.717, 1.165) is 50.0 Å². The van der Waals surface area contributed by atoms with Crippen LogP contribution in [-0.2, 0) is 21.1 Å². The summed E-state index contributed by atoms with van der Waals surface area (Å²) in [4.78, 5) is 15.8. The van der Waals surface area contributed by atoms with Gasteiger partial charge in [0.25, 0.3) is 5.88 Å². The summed E-state index contributed by atoms with van der Waals surface area (Å²) in [6, 6.07) is 7.44. The predicted molar refractivity (Wildman–Crippen MR) is 184 cm³/mol. The van der Waals surface area contributed by atoms with Crippen LogP contribution in [0, 0.1) is 0 Å². The van der Waals surface area contributed by atoms with E-state index in [4.69, 9.17) is 30.9 Å². The van der Waals surface area contributed by atoms with E-state index in [0.29, 0.717) is 53.0 Å². The van der Waals surface area contributed by atoms with Crippen molar-refractivity contribution in [2.75, 3.05) is 37.1 Å². The Kier molecular flexibility index (Phi) is 10.0. The Balaban J connectivity index is 1.03. The smallest absolute Gasteiger partial charge is 0.256 e. The largest absolute Gasteiger partial charge is 0.487 e. The minimum Gasteiger partial charge on any atom is -0.487 e. The average Bonchev–Trinajstić information content (AvgIpc) is 3.80. The Labute approximate surface area is 291 Å². The van der Waals surface area contributed by atoms with Gasteiger partial charge in [-0.3, -0.25) is 9.58 Å². The van der Waals surface area contributed by atoms with Gasteiger partial charge in [0.15, 0.2) is 9.84 Å². The molecular weight excluding hydrogens is 670 g/mol. The minimum atomic E-state index is -3.20. The fourth-order valence-electron chi connectivity index (χ4n) is 7.20. The van der Waals surface area contributed by atoms with Gasteiger partial charge in [-0.2, -0.15) is 5.10 Å². The third-order valence-electron chi connectivity index (χ3n) is 9.55. The van der Waals surface area contributed by atoms with E-state index < -0.39 is 9.84 Å². The molecule has 0 radical (unpaired) electrons. The van der Waals surface area contributed by atoms with Crippen molar-refractivity contribution < 1.29 is 22.6 Å². The third-order valence-corrected chi connectivity index (χ3v) is 10.8. The van der Waals surface area contributed by atoms with Crippen LogP contribution < -0.4 is 14.8 Å². The zero-order valence-corrected chi connectivity index (χ0v) is 29.3. The molecule has 0 spiro atoms. The third kappa shape index (κ3) is 8.17. The minimum absolute atomic E-state index is 0.00467. The molecule has 7 rings (SSSR count). The molecule has 5 heterocycles. The SMILES string of the molecule is C[C@@H](Cn1cncn1)Oc1cc(-c2cnc(Nc3cn([C@H]4CC[C@H](N5C6CCC5COC6)CC4)nc3OCCS(C)(=O)=O)nc2)ccc1Cl. The Morgan fingerprint density at radius 3 is 2.43 bits per heavy atom. The molecule has 1 saturated carbocycles. The van der Waals surface area contributed by atoms with E-state index in [1.165, 1.54) is 25.4 Å². The molecule has 3 aliphatic rings. The molecule has 2 bridgehead atoms. The van der Waals surface area contributed by atoms with Crippen molar-refractivity contribution in [1.82, 2.24) is 39.4 Å². The van der Waals surface area contributed by atoms with Crippen LogP contribution in [0.3, 0.4) is 0 Å². The number of anilines is 2. The molecule has 3 aromatic heterocycles. The van der Waals surface area contributed by atoms with Gasteiger partial charge in [-0.05, 0) is 63.1 Å². The van der Waals surface area contributed by atoms with E-state index >= 15 is 0 Å². The average molecular weight is 712 g/mol. The van der Waals surface area contributed by atoms with Gasteiger partial charge in [-0.25, -0.2) is 28.1 Å². The predicted octanol–water partition coefficient (Wildman–Crippen LogP) is 4.57. The highest BCUT2D eigenvalue weighted by Crippen LogP contribution is 2.39. The first-order valence-electron chi connectivity index (χ1n) is 16.8. The number of sulfone groups is 1. The molecule has 3 atom stereocenters. The number of fused-ring (bicyclic) bond motifs is 2. The van der Waals surface area contributed by atoms with Gasteiger partial charge in [-0.1, -0.05) is 17.7 Å². The summed E-state index contributed by atoms with van der Waals surface area (Å²) >= 11 is 6.45. The van der Waals surface area contributed by atoms with Gasteiger partial charge < -0.3 is 19.5 Å². The monoisotopic (exact) mass is 711 g/mol. The number of halogens is 1. The Hall–Kier alpha value is -3.79. The maximum absolute atomic E-state index is 11.8. The van der Waals surface area contributed by atoms with Crippen LogP contribution in [-0.4, -0.2) is 104 Å². The lowest BCUT2D eigenvalue weighted by Gasteiger charge is -2.43. The number of rotatable bonds is 13. The highest BCUT2D eigenvalue weighted by molar-refractivity contribution is 7.90. The number of nitrogens with one attached hydrogen (secondary N) is 1. The molecule has 2 aliphatic heterocycles. The first kappa shape index (κ1) is 33.7. The number of hydrogen-bond acceptors (Lipinski definition) is 12. The van der Waals surface area contributed by atoms with Gasteiger partial charge in [0.2, 0.25) is 5.95 Å². The maximum Gasteiger partial charge on any atom is 0.256 e. The zero-order valence-electron chi connectivity index (χ0n) is 27.7. The summed E-state index contributed by atoms with van der Waals surface area (Å²) in [6.45, 7) is 4.16. The zero-order chi connectivity index (χ0) is 34.0. The normalized spacial score (nSPS) is 23.3. The molecular formula is C33H42ClN9O5S. The molecule has 49 heavy (non-hydrogen) atoms. The maximum atomic E-state index is 11.8. The lowest BCUT2D eigenvalue weighted by atomic mass is 9.89. The molecule has 2 saturated heterocycles. The van der Waals surface area contributed by atoms with Crippen molar-refractivity contribution in [3.63, 3.8) is 0 Å². The van der Waals surface area contributed by atoms with Gasteiger partial charge in [0.1, 0.15) is 36.8 Å². The fourth-order valence-corrected chi connectivity index (χ4v) is 7.75. The van der Waals surface area contributed by atoms with E-state index in [2.05, 4.69) is 30.3 Å². The molecule has 1 aliphatic carbocycles. The van der Waals surface area contributed by atoms with Crippen LogP contribution in [0.5, 0.6) is 11.6 Å². The van der Waals surface area contributed by atoms with Gasteiger partial charge >= 0.3 is 0 Å². The van der Waals surface area contributed by atoms with E-state index in [1.807, 2.05) is 29.9 Å². The van der Waals surface area contributed by atoms with Gasteiger partial charge in [0, 0.05) is 42.3 Å². The van der Waals surface area contributed by atoms with E-state index in [9.17, 15) is 8.42 Å². The van der Waals surface area contributed by atoms with Crippen LogP contribution in [0.1, 0.15) is 51.5 Å². The van der Waals surface area contributed by atoms with E-state index in [-0.39, 0.29) is 24.5 Å². The summed E-state index contributed by atoms with van der Waals surface area (Å²) < 4.78 is 45.1. The molecule has 262 valence electrons. The standard InChI is InChI=1S/C33H42ClN9O5S/c1-22(16-41-21-35-20-38-41)48-31-13-23(3-10-29(31)34)24-14-36-33(37-15-24)39-30-17-42(40-32(30)47-11-12-49(2,44)45)25-4-6-26(7-5-25)43-27-8-9-28(43)19-46-18-27/h3,10,13-15,17,20-22,25-28H,4-9,11-12,16,18-19H2,1-2H3,(H,36,37,39)/t22-,25-,26-,27?,28?/m0/s1. The van der Waals surface area contributed by atoms with Crippen LogP contribution in [0.4, 0.5) is 11.6 Å². The molecule has 14 nitrogen and oxygen atoms in total. The molecule has 16 heteroatoms. The number of aromatic nitrogens is 7. The van der Waals surface area contributed by atoms with Crippen molar-refractivity contribution in [3.05, 3.63) is 54.5 Å². The summed E-state index contributed by atoms with van der Waals surface area (Å²) in [6.07, 6.45) is 16.2. The van der Waals surface area contributed by atoms with Crippen molar-refractivity contribution in [3.8, 4) is 22.8 Å². The Bertz CT molecular complexity index is 1800. The Morgan fingerprint density at radius 2 is 1.73 bits per heavy atom. The van der Waals surface area contributed by atoms with Gasteiger partial charge in [0.05, 0.1) is 42.8 Å². The molecule has 4 aromatic rings. The number of nitrogens with zero attached hydrogens (tertiary/aromatic N) is 8. The molecule has 1 N–H and O–H groups in total. The van der Waals surface area contributed by atoms with Crippen LogP contribution in [0.2, 0.25) is 5.02 Å².